The molecule has 116 valence electrons. The molecule has 2 rings (SSSR count). The fourth-order valence-corrected chi connectivity index (χ4v) is 2.81. The maximum atomic E-state index is 6.22. The standard InChI is InChI=1S/C17H16Cl3NO/c1-3-7-22-17-14(19)8-12(9-15(17)20)10-21-16-6-4-5-13(18)11(16)2/h3-6,8-9,21H,1,7,10H2,2H3. The molecule has 0 unspecified atom stereocenters. The molecular formula is C17H16Cl3NO. The third-order valence-electron chi connectivity index (χ3n) is 3.15. The first-order chi connectivity index (χ1) is 10.5. The number of benzene rings is 2. The zero-order valence-electron chi connectivity index (χ0n) is 12.1. The molecule has 0 spiro atoms. The molecule has 2 aromatic rings. The van der Waals surface area contributed by atoms with Crippen LogP contribution in [0.1, 0.15) is 11.1 Å². The van der Waals surface area contributed by atoms with E-state index in [0.717, 1.165) is 21.8 Å². The molecule has 22 heavy (non-hydrogen) atoms. The van der Waals surface area contributed by atoms with Gasteiger partial charge in [0.1, 0.15) is 6.61 Å². The number of rotatable bonds is 6. The lowest BCUT2D eigenvalue weighted by Gasteiger charge is -2.13. The molecule has 2 nitrogen and oxygen atoms in total. The summed E-state index contributed by atoms with van der Waals surface area (Å²) in [5.41, 5.74) is 2.94. The van der Waals surface area contributed by atoms with Gasteiger partial charge in [0.25, 0.3) is 0 Å². The van der Waals surface area contributed by atoms with Crippen molar-refractivity contribution in [3.8, 4) is 5.75 Å². The molecule has 0 saturated carbocycles. The molecule has 0 atom stereocenters. The lowest BCUT2D eigenvalue weighted by molar-refractivity contribution is 0.363. The summed E-state index contributed by atoms with van der Waals surface area (Å²) in [4.78, 5) is 0. The Morgan fingerprint density at radius 2 is 1.82 bits per heavy atom. The van der Waals surface area contributed by atoms with Gasteiger partial charge in [-0.05, 0) is 42.3 Å². The summed E-state index contributed by atoms with van der Waals surface area (Å²) in [5.74, 6) is 0.478. The molecule has 1 N–H and O–H groups in total. The van der Waals surface area contributed by atoms with Gasteiger partial charge in [-0.1, -0.05) is 53.5 Å². The lowest BCUT2D eigenvalue weighted by Crippen LogP contribution is -2.02. The highest BCUT2D eigenvalue weighted by atomic mass is 35.5. The van der Waals surface area contributed by atoms with E-state index in [1.54, 1.807) is 6.08 Å². The lowest BCUT2D eigenvalue weighted by atomic mass is 10.1. The van der Waals surface area contributed by atoms with Crippen molar-refractivity contribution in [1.29, 1.82) is 0 Å². The van der Waals surface area contributed by atoms with Gasteiger partial charge in [-0.2, -0.15) is 0 Å². The van der Waals surface area contributed by atoms with Crippen molar-refractivity contribution in [3.63, 3.8) is 0 Å². The first-order valence-corrected chi connectivity index (χ1v) is 7.87. The quantitative estimate of drug-likeness (QED) is 0.628. The van der Waals surface area contributed by atoms with Crippen LogP contribution in [-0.2, 0) is 6.54 Å². The normalized spacial score (nSPS) is 10.4. The molecule has 0 heterocycles. The Kier molecular flexibility index (Phi) is 6.01. The SMILES string of the molecule is C=CCOc1c(Cl)cc(CNc2cccc(Cl)c2C)cc1Cl. The van der Waals surface area contributed by atoms with E-state index in [4.69, 9.17) is 39.5 Å². The van der Waals surface area contributed by atoms with Crippen LogP contribution in [0.3, 0.4) is 0 Å². The van der Waals surface area contributed by atoms with E-state index >= 15 is 0 Å². The van der Waals surface area contributed by atoms with Crippen molar-refractivity contribution in [2.24, 2.45) is 0 Å². The van der Waals surface area contributed by atoms with Gasteiger partial charge in [0.15, 0.2) is 5.75 Å². The highest BCUT2D eigenvalue weighted by Gasteiger charge is 2.10. The maximum Gasteiger partial charge on any atom is 0.156 e. The third kappa shape index (κ3) is 4.10. The minimum Gasteiger partial charge on any atom is -0.486 e. The van der Waals surface area contributed by atoms with E-state index in [1.165, 1.54) is 0 Å². The summed E-state index contributed by atoms with van der Waals surface area (Å²) in [6, 6.07) is 9.41. The number of hydrogen-bond donors (Lipinski definition) is 1. The molecule has 5 heteroatoms. The predicted molar refractivity (Wildman–Crippen MR) is 95.7 cm³/mol. The summed E-state index contributed by atoms with van der Waals surface area (Å²) in [5, 5.41) is 5.02. The van der Waals surface area contributed by atoms with Gasteiger partial charge >= 0.3 is 0 Å². The second-order valence-electron chi connectivity index (χ2n) is 4.75. The summed E-state index contributed by atoms with van der Waals surface area (Å²) in [7, 11) is 0. The highest BCUT2D eigenvalue weighted by molar-refractivity contribution is 6.37. The van der Waals surface area contributed by atoms with E-state index < -0.39 is 0 Å². The molecule has 0 amide bonds. The van der Waals surface area contributed by atoms with Crippen LogP contribution in [0.2, 0.25) is 15.1 Å². The largest absolute Gasteiger partial charge is 0.486 e. The van der Waals surface area contributed by atoms with Crippen LogP contribution in [0.25, 0.3) is 0 Å². The second kappa shape index (κ2) is 7.77. The third-order valence-corrected chi connectivity index (χ3v) is 4.13. The Balaban J connectivity index is 2.13. The van der Waals surface area contributed by atoms with Crippen LogP contribution in [0.15, 0.2) is 43.0 Å². The zero-order valence-corrected chi connectivity index (χ0v) is 14.4. The van der Waals surface area contributed by atoms with Gasteiger partial charge in [-0.25, -0.2) is 0 Å². The monoisotopic (exact) mass is 355 g/mol. The van der Waals surface area contributed by atoms with Crippen molar-refractivity contribution in [3.05, 3.63) is 69.2 Å². The molecule has 2 aromatic carbocycles. The van der Waals surface area contributed by atoms with Gasteiger partial charge < -0.3 is 10.1 Å². The van der Waals surface area contributed by atoms with Crippen molar-refractivity contribution in [1.82, 2.24) is 0 Å². The van der Waals surface area contributed by atoms with Crippen LogP contribution < -0.4 is 10.1 Å². The van der Waals surface area contributed by atoms with Crippen molar-refractivity contribution < 1.29 is 4.74 Å². The summed E-state index contributed by atoms with van der Waals surface area (Å²) in [6.45, 7) is 6.51. The van der Waals surface area contributed by atoms with E-state index in [0.29, 0.717) is 28.9 Å². The Bertz CT molecular complexity index is 663. The molecule has 0 fully saturated rings. The Morgan fingerprint density at radius 1 is 1.14 bits per heavy atom. The Labute approximate surface area is 145 Å². The predicted octanol–water partition coefficient (Wildman–Crippen LogP) is 6.13. The number of hydrogen-bond acceptors (Lipinski definition) is 2. The molecule has 0 bridgehead atoms. The molecular weight excluding hydrogens is 341 g/mol. The van der Waals surface area contributed by atoms with Crippen molar-refractivity contribution in [2.45, 2.75) is 13.5 Å². The summed E-state index contributed by atoms with van der Waals surface area (Å²) >= 11 is 18.5. The Morgan fingerprint density at radius 3 is 2.45 bits per heavy atom. The molecule has 0 radical (unpaired) electrons. The van der Waals surface area contributed by atoms with Gasteiger partial charge in [-0.3, -0.25) is 0 Å². The van der Waals surface area contributed by atoms with Gasteiger partial charge in [-0.15, -0.1) is 0 Å². The minimum atomic E-state index is 0.360. The molecule has 0 aliphatic heterocycles. The number of nitrogens with one attached hydrogen (secondary N) is 1. The van der Waals surface area contributed by atoms with E-state index in [9.17, 15) is 0 Å². The van der Waals surface area contributed by atoms with Crippen molar-refractivity contribution >= 4 is 40.5 Å². The van der Waals surface area contributed by atoms with Gasteiger partial charge in [0.2, 0.25) is 0 Å². The summed E-state index contributed by atoms with van der Waals surface area (Å²) < 4.78 is 5.45. The first kappa shape index (κ1) is 17.0. The van der Waals surface area contributed by atoms with Crippen LogP contribution in [0, 0.1) is 6.92 Å². The highest BCUT2D eigenvalue weighted by Crippen LogP contribution is 2.34. The number of anilines is 1. The Hall–Kier alpha value is -1.35. The zero-order chi connectivity index (χ0) is 16.1. The fraction of sp³-hybridized carbons (Fsp3) is 0.176. The fourth-order valence-electron chi connectivity index (χ4n) is 1.99. The van der Waals surface area contributed by atoms with E-state index in [2.05, 4.69) is 11.9 Å². The second-order valence-corrected chi connectivity index (χ2v) is 5.98. The topological polar surface area (TPSA) is 21.3 Å². The maximum absolute atomic E-state index is 6.22. The average molecular weight is 357 g/mol. The first-order valence-electron chi connectivity index (χ1n) is 6.73. The number of ether oxygens (including phenoxy) is 1. The van der Waals surface area contributed by atoms with Gasteiger partial charge in [0, 0.05) is 17.3 Å². The minimum absolute atomic E-state index is 0.360. The summed E-state index contributed by atoms with van der Waals surface area (Å²) in [6.07, 6.45) is 1.64. The number of halogens is 3. The average Bonchev–Trinajstić information content (AvgIpc) is 2.48. The van der Waals surface area contributed by atoms with E-state index in [1.807, 2.05) is 37.3 Å². The smallest absolute Gasteiger partial charge is 0.156 e. The van der Waals surface area contributed by atoms with Crippen LogP contribution in [0.5, 0.6) is 5.75 Å². The van der Waals surface area contributed by atoms with Crippen LogP contribution in [0.4, 0.5) is 5.69 Å². The van der Waals surface area contributed by atoms with E-state index in [-0.39, 0.29) is 0 Å². The van der Waals surface area contributed by atoms with Crippen LogP contribution >= 0.6 is 34.8 Å². The van der Waals surface area contributed by atoms with Gasteiger partial charge in [0.05, 0.1) is 10.0 Å². The van der Waals surface area contributed by atoms with Crippen LogP contribution in [-0.4, -0.2) is 6.61 Å². The molecule has 0 aromatic heterocycles. The molecule has 0 aliphatic rings. The molecule has 0 aliphatic carbocycles. The molecule has 0 saturated heterocycles. The van der Waals surface area contributed by atoms with Crippen molar-refractivity contribution in [2.75, 3.05) is 11.9 Å².